The number of hydrogen-bond donors (Lipinski definition) is 0. The molecule has 136 valence electrons. The van der Waals surface area contributed by atoms with Crippen LogP contribution in [-0.4, -0.2) is 45.9 Å². The third-order valence-electron chi connectivity index (χ3n) is 5.67. The largest absolute Gasteiger partial charge is 0.378 e. The van der Waals surface area contributed by atoms with Crippen LogP contribution in [-0.2, 0) is 18.9 Å². The first-order chi connectivity index (χ1) is 11.8. The molecule has 3 rings (SSSR count). The van der Waals surface area contributed by atoms with Crippen LogP contribution in [0.3, 0.4) is 0 Å². The molecule has 5 atom stereocenters. The second-order valence-electron chi connectivity index (χ2n) is 7.25. The summed E-state index contributed by atoms with van der Waals surface area (Å²) in [5, 5.41) is 0. The van der Waals surface area contributed by atoms with Crippen molar-refractivity contribution in [1.82, 2.24) is 0 Å². The normalized spacial score (nSPS) is 34.2. The minimum atomic E-state index is 0.369. The Morgan fingerprint density at radius 1 is 1.29 bits per heavy atom. The Morgan fingerprint density at radius 2 is 2.17 bits per heavy atom. The molecule has 4 heteroatoms. The highest BCUT2D eigenvalue weighted by Gasteiger charge is 2.43. The van der Waals surface area contributed by atoms with E-state index in [1.807, 2.05) is 6.92 Å². The van der Waals surface area contributed by atoms with Crippen molar-refractivity contribution in [2.75, 3.05) is 39.8 Å². The van der Waals surface area contributed by atoms with Crippen LogP contribution in [0.2, 0.25) is 0 Å². The van der Waals surface area contributed by atoms with Crippen molar-refractivity contribution in [1.29, 1.82) is 0 Å². The van der Waals surface area contributed by atoms with E-state index in [2.05, 4.69) is 18.7 Å². The van der Waals surface area contributed by atoms with E-state index in [0.717, 1.165) is 51.1 Å². The van der Waals surface area contributed by atoms with Crippen molar-refractivity contribution < 1.29 is 18.9 Å². The SMILES string of the molecule is C=CC1CC(CCOCOCC)C2C=C(CCOCC3CO3)CC12. The van der Waals surface area contributed by atoms with Gasteiger partial charge in [0.1, 0.15) is 12.9 Å². The molecule has 0 radical (unpaired) electrons. The fourth-order valence-corrected chi connectivity index (χ4v) is 4.29. The highest BCUT2D eigenvalue weighted by atomic mass is 16.7. The standard InChI is InChI=1S/C20H32O4/c1-3-16-11-17(6-8-23-14-21-4-2)20-10-15(9-19(16)20)5-7-22-12-18-13-24-18/h3,10,16-20H,1,4-9,11-14H2,2H3. The molecular weight excluding hydrogens is 304 g/mol. The molecule has 0 N–H and O–H groups in total. The van der Waals surface area contributed by atoms with Crippen LogP contribution < -0.4 is 0 Å². The van der Waals surface area contributed by atoms with Gasteiger partial charge in [-0.1, -0.05) is 17.7 Å². The predicted molar refractivity (Wildman–Crippen MR) is 93.7 cm³/mol. The molecule has 0 aromatic carbocycles. The maximum absolute atomic E-state index is 5.70. The summed E-state index contributed by atoms with van der Waals surface area (Å²) >= 11 is 0. The molecule has 0 aromatic heterocycles. The molecule has 0 amide bonds. The van der Waals surface area contributed by atoms with E-state index in [1.165, 1.54) is 12.8 Å². The number of hydrogen-bond acceptors (Lipinski definition) is 4. The minimum Gasteiger partial charge on any atom is -0.378 e. The van der Waals surface area contributed by atoms with Gasteiger partial charge in [0.25, 0.3) is 0 Å². The van der Waals surface area contributed by atoms with Gasteiger partial charge in [-0.3, -0.25) is 0 Å². The summed E-state index contributed by atoms with van der Waals surface area (Å²) in [5.74, 6) is 2.82. The van der Waals surface area contributed by atoms with E-state index in [4.69, 9.17) is 18.9 Å². The lowest BCUT2D eigenvalue weighted by Gasteiger charge is -2.17. The van der Waals surface area contributed by atoms with Gasteiger partial charge >= 0.3 is 0 Å². The fourth-order valence-electron chi connectivity index (χ4n) is 4.29. The molecule has 2 aliphatic carbocycles. The van der Waals surface area contributed by atoms with Gasteiger partial charge in [-0.15, -0.1) is 6.58 Å². The molecule has 24 heavy (non-hydrogen) atoms. The van der Waals surface area contributed by atoms with Gasteiger partial charge in [-0.25, -0.2) is 0 Å². The third kappa shape index (κ3) is 4.92. The van der Waals surface area contributed by atoms with Gasteiger partial charge in [0.05, 0.1) is 19.8 Å². The van der Waals surface area contributed by atoms with Crippen LogP contribution in [0.4, 0.5) is 0 Å². The van der Waals surface area contributed by atoms with E-state index in [1.54, 1.807) is 5.57 Å². The van der Waals surface area contributed by atoms with Crippen molar-refractivity contribution in [2.45, 2.75) is 38.7 Å². The molecule has 3 aliphatic rings. The molecule has 1 heterocycles. The van der Waals surface area contributed by atoms with Crippen molar-refractivity contribution in [3.05, 3.63) is 24.3 Å². The predicted octanol–water partition coefficient (Wildman–Crippen LogP) is 3.58. The Bertz CT molecular complexity index is 429. The van der Waals surface area contributed by atoms with Crippen molar-refractivity contribution in [3.8, 4) is 0 Å². The molecule has 5 unspecified atom stereocenters. The zero-order valence-electron chi connectivity index (χ0n) is 15.0. The summed E-state index contributed by atoms with van der Waals surface area (Å²) in [5.41, 5.74) is 1.58. The van der Waals surface area contributed by atoms with Gasteiger partial charge in [-0.2, -0.15) is 0 Å². The Morgan fingerprint density at radius 3 is 2.92 bits per heavy atom. The highest BCUT2D eigenvalue weighted by molar-refractivity contribution is 5.20. The first-order valence-electron chi connectivity index (χ1n) is 9.48. The Balaban J connectivity index is 1.42. The molecule has 1 aliphatic heterocycles. The highest BCUT2D eigenvalue weighted by Crippen LogP contribution is 2.51. The minimum absolute atomic E-state index is 0.369. The lowest BCUT2D eigenvalue weighted by atomic mass is 9.88. The zero-order chi connectivity index (χ0) is 16.8. The summed E-state index contributed by atoms with van der Waals surface area (Å²) in [7, 11) is 0. The second-order valence-corrected chi connectivity index (χ2v) is 7.25. The maximum atomic E-state index is 5.70. The summed E-state index contributed by atoms with van der Waals surface area (Å²) in [6.45, 7) is 10.5. The molecule has 4 nitrogen and oxygen atoms in total. The van der Waals surface area contributed by atoms with Gasteiger partial charge < -0.3 is 18.9 Å². The van der Waals surface area contributed by atoms with Crippen LogP contribution in [0.5, 0.6) is 0 Å². The summed E-state index contributed by atoms with van der Waals surface area (Å²) < 4.78 is 21.7. The summed E-state index contributed by atoms with van der Waals surface area (Å²) in [4.78, 5) is 0. The van der Waals surface area contributed by atoms with E-state index >= 15 is 0 Å². The molecule has 0 bridgehead atoms. The van der Waals surface area contributed by atoms with Crippen LogP contribution in [0.25, 0.3) is 0 Å². The molecular formula is C20H32O4. The lowest BCUT2D eigenvalue weighted by Crippen LogP contribution is -2.12. The fraction of sp³-hybridized carbons (Fsp3) is 0.800. The van der Waals surface area contributed by atoms with Crippen LogP contribution in [0.15, 0.2) is 24.3 Å². The van der Waals surface area contributed by atoms with Crippen molar-refractivity contribution in [2.24, 2.45) is 23.7 Å². The molecule has 2 fully saturated rings. The number of allylic oxidation sites excluding steroid dienone is 2. The van der Waals surface area contributed by atoms with Gasteiger partial charge in [0.2, 0.25) is 0 Å². The summed E-state index contributed by atoms with van der Waals surface area (Å²) in [6.07, 6.45) is 9.76. The zero-order valence-corrected chi connectivity index (χ0v) is 15.0. The van der Waals surface area contributed by atoms with E-state index < -0.39 is 0 Å². The van der Waals surface area contributed by atoms with Gasteiger partial charge in [0, 0.05) is 13.2 Å². The Hall–Kier alpha value is -0.680. The average molecular weight is 336 g/mol. The molecule has 0 aromatic rings. The quantitative estimate of drug-likeness (QED) is 0.236. The Labute approximate surface area is 146 Å². The number of fused-ring (bicyclic) bond motifs is 1. The number of rotatable bonds is 12. The average Bonchev–Trinajstić information content (AvgIpc) is 3.23. The monoisotopic (exact) mass is 336 g/mol. The van der Waals surface area contributed by atoms with Crippen molar-refractivity contribution >= 4 is 0 Å². The molecule has 0 spiro atoms. The topological polar surface area (TPSA) is 40.2 Å². The smallest absolute Gasteiger partial charge is 0.146 e. The number of epoxide rings is 1. The first-order valence-corrected chi connectivity index (χ1v) is 9.48. The molecule has 1 saturated heterocycles. The Kier molecular flexibility index (Phi) is 6.90. The van der Waals surface area contributed by atoms with E-state index in [9.17, 15) is 0 Å². The van der Waals surface area contributed by atoms with E-state index in [0.29, 0.717) is 31.3 Å². The second kappa shape index (κ2) is 9.14. The first kappa shape index (κ1) is 18.1. The third-order valence-corrected chi connectivity index (χ3v) is 5.67. The number of ether oxygens (including phenoxy) is 4. The van der Waals surface area contributed by atoms with Gasteiger partial charge in [0.15, 0.2) is 0 Å². The van der Waals surface area contributed by atoms with E-state index in [-0.39, 0.29) is 0 Å². The van der Waals surface area contributed by atoms with Crippen molar-refractivity contribution in [3.63, 3.8) is 0 Å². The van der Waals surface area contributed by atoms with Crippen LogP contribution in [0.1, 0.15) is 32.6 Å². The maximum Gasteiger partial charge on any atom is 0.146 e. The summed E-state index contributed by atoms with van der Waals surface area (Å²) in [6, 6.07) is 0. The lowest BCUT2D eigenvalue weighted by molar-refractivity contribution is -0.0532. The van der Waals surface area contributed by atoms with Crippen LogP contribution in [0, 0.1) is 23.7 Å². The molecule has 1 saturated carbocycles. The van der Waals surface area contributed by atoms with Gasteiger partial charge in [-0.05, 0) is 56.3 Å². The van der Waals surface area contributed by atoms with Crippen LogP contribution >= 0.6 is 0 Å².